The number of rotatable bonds is 6. The van der Waals surface area contributed by atoms with Crippen molar-refractivity contribution in [2.75, 3.05) is 11.9 Å². The third-order valence-electron chi connectivity index (χ3n) is 5.32. The van der Waals surface area contributed by atoms with Crippen molar-refractivity contribution >= 4 is 17.5 Å². The third kappa shape index (κ3) is 5.86. The van der Waals surface area contributed by atoms with Crippen LogP contribution in [0.5, 0.6) is 0 Å². The molecular formula is C22H34N2O2. The van der Waals surface area contributed by atoms with E-state index < -0.39 is 0 Å². The summed E-state index contributed by atoms with van der Waals surface area (Å²) in [6.45, 7) is 9.42. The Labute approximate surface area is 158 Å². The number of benzene rings is 1. The van der Waals surface area contributed by atoms with Crippen molar-refractivity contribution in [2.24, 2.45) is 11.8 Å². The standard InChI is InChI=1S/C22H34N2O2/c1-5-6-15-23-20(25)16-7-9-17(10-8-16)21(26)24-19-13-11-18(12-14-19)22(2,3)4/h11-14,16-17H,5-10,15H2,1-4H3,(H,23,25)(H,24,26). The number of unbranched alkanes of at least 4 members (excludes halogenated alkanes) is 1. The van der Waals surface area contributed by atoms with Crippen molar-refractivity contribution < 1.29 is 9.59 Å². The fourth-order valence-electron chi connectivity index (χ4n) is 3.45. The maximum Gasteiger partial charge on any atom is 0.227 e. The van der Waals surface area contributed by atoms with Gasteiger partial charge in [0.1, 0.15) is 0 Å². The Morgan fingerprint density at radius 1 is 0.962 bits per heavy atom. The van der Waals surface area contributed by atoms with Crippen molar-refractivity contribution in [3.63, 3.8) is 0 Å². The van der Waals surface area contributed by atoms with Crippen LogP contribution >= 0.6 is 0 Å². The molecule has 1 saturated carbocycles. The molecule has 1 aromatic carbocycles. The van der Waals surface area contributed by atoms with Gasteiger partial charge in [0.2, 0.25) is 11.8 Å². The maximum atomic E-state index is 12.5. The van der Waals surface area contributed by atoms with Gasteiger partial charge >= 0.3 is 0 Å². The maximum absolute atomic E-state index is 12.5. The molecule has 0 radical (unpaired) electrons. The lowest BCUT2D eigenvalue weighted by atomic mass is 9.81. The largest absolute Gasteiger partial charge is 0.356 e. The lowest BCUT2D eigenvalue weighted by Crippen LogP contribution is -2.35. The van der Waals surface area contributed by atoms with Crippen molar-refractivity contribution in [1.82, 2.24) is 5.32 Å². The van der Waals surface area contributed by atoms with Crippen LogP contribution in [0.15, 0.2) is 24.3 Å². The van der Waals surface area contributed by atoms with Gasteiger partial charge in [-0.1, -0.05) is 46.2 Å². The second-order valence-corrected chi connectivity index (χ2v) is 8.51. The van der Waals surface area contributed by atoms with E-state index in [-0.39, 0.29) is 29.1 Å². The molecule has 0 saturated heterocycles. The Balaban J connectivity index is 1.80. The monoisotopic (exact) mass is 358 g/mol. The number of nitrogens with one attached hydrogen (secondary N) is 2. The molecule has 2 rings (SSSR count). The Hall–Kier alpha value is -1.84. The van der Waals surface area contributed by atoms with Gasteiger partial charge in [0.15, 0.2) is 0 Å². The van der Waals surface area contributed by atoms with Crippen LogP contribution in [0.3, 0.4) is 0 Å². The molecule has 4 heteroatoms. The van der Waals surface area contributed by atoms with E-state index in [9.17, 15) is 9.59 Å². The molecular weight excluding hydrogens is 324 g/mol. The average molecular weight is 359 g/mol. The van der Waals surface area contributed by atoms with Gasteiger partial charge in [0.05, 0.1) is 0 Å². The van der Waals surface area contributed by atoms with Crippen LogP contribution in [0.25, 0.3) is 0 Å². The Morgan fingerprint density at radius 2 is 1.50 bits per heavy atom. The summed E-state index contributed by atoms with van der Waals surface area (Å²) < 4.78 is 0. The minimum absolute atomic E-state index is 0.0111. The summed E-state index contributed by atoms with van der Waals surface area (Å²) in [5, 5.41) is 6.05. The fourth-order valence-corrected chi connectivity index (χ4v) is 3.45. The third-order valence-corrected chi connectivity index (χ3v) is 5.32. The molecule has 0 unspecified atom stereocenters. The number of anilines is 1. The van der Waals surface area contributed by atoms with E-state index in [0.717, 1.165) is 50.8 Å². The van der Waals surface area contributed by atoms with Gasteiger partial charge in [-0.3, -0.25) is 9.59 Å². The molecule has 0 heterocycles. The zero-order valence-electron chi connectivity index (χ0n) is 16.7. The van der Waals surface area contributed by atoms with Gasteiger partial charge in [0, 0.05) is 24.1 Å². The van der Waals surface area contributed by atoms with Crippen LogP contribution in [-0.4, -0.2) is 18.4 Å². The van der Waals surface area contributed by atoms with Crippen molar-refractivity contribution in [3.05, 3.63) is 29.8 Å². The van der Waals surface area contributed by atoms with Crippen molar-refractivity contribution in [3.8, 4) is 0 Å². The van der Waals surface area contributed by atoms with E-state index in [1.807, 2.05) is 12.1 Å². The molecule has 0 spiro atoms. The number of amides is 2. The minimum Gasteiger partial charge on any atom is -0.356 e. The van der Waals surface area contributed by atoms with Gasteiger partial charge in [-0.2, -0.15) is 0 Å². The first-order chi connectivity index (χ1) is 12.3. The number of carbonyl (C=O) groups excluding carboxylic acids is 2. The van der Waals surface area contributed by atoms with Crippen molar-refractivity contribution in [1.29, 1.82) is 0 Å². The van der Waals surface area contributed by atoms with Crippen LogP contribution < -0.4 is 10.6 Å². The van der Waals surface area contributed by atoms with Crippen LogP contribution in [-0.2, 0) is 15.0 Å². The van der Waals surface area contributed by atoms with E-state index in [1.54, 1.807) is 0 Å². The second kappa shape index (κ2) is 9.20. The predicted molar refractivity (Wildman–Crippen MR) is 107 cm³/mol. The molecule has 0 aliphatic heterocycles. The number of hydrogen-bond donors (Lipinski definition) is 2. The highest BCUT2D eigenvalue weighted by Crippen LogP contribution is 2.30. The Kier molecular flexibility index (Phi) is 7.24. The van der Waals surface area contributed by atoms with Crippen molar-refractivity contribution in [2.45, 2.75) is 71.6 Å². The van der Waals surface area contributed by atoms with Crippen LogP contribution in [0.2, 0.25) is 0 Å². The van der Waals surface area contributed by atoms with E-state index in [1.165, 1.54) is 5.56 Å². The smallest absolute Gasteiger partial charge is 0.227 e. The highest BCUT2D eigenvalue weighted by Gasteiger charge is 2.29. The molecule has 1 aromatic rings. The first-order valence-corrected chi connectivity index (χ1v) is 10.0. The predicted octanol–water partition coefficient (Wildman–Crippen LogP) is 4.65. The van der Waals surface area contributed by atoms with Gasteiger partial charge in [0.25, 0.3) is 0 Å². The highest BCUT2D eigenvalue weighted by atomic mass is 16.2. The summed E-state index contributed by atoms with van der Waals surface area (Å²) in [5.74, 6) is 0.326. The number of hydrogen-bond acceptors (Lipinski definition) is 2. The zero-order valence-corrected chi connectivity index (χ0v) is 16.7. The molecule has 1 fully saturated rings. The molecule has 144 valence electrons. The molecule has 0 aromatic heterocycles. The first kappa shape index (κ1) is 20.5. The summed E-state index contributed by atoms with van der Waals surface area (Å²) >= 11 is 0. The van der Waals surface area contributed by atoms with Crippen LogP contribution in [0.1, 0.15) is 71.8 Å². The van der Waals surface area contributed by atoms with Crippen LogP contribution in [0.4, 0.5) is 5.69 Å². The van der Waals surface area contributed by atoms with Gasteiger partial charge < -0.3 is 10.6 Å². The van der Waals surface area contributed by atoms with E-state index in [4.69, 9.17) is 0 Å². The minimum atomic E-state index is 0.0111. The quantitative estimate of drug-likeness (QED) is 0.728. The molecule has 1 aliphatic rings. The topological polar surface area (TPSA) is 58.2 Å². The lowest BCUT2D eigenvalue weighted by Gasteiger charge is -2.27. The summed E-state index contributed by atoms with van der Waals surface area (Å²) in [7, 11) is 0. The van der Waals surface area contributed by atoms with Crippen LogP contribution in [0, 0.1) is 11.8 Å². The molecule has 2 N–H and O–H groups in total. The molecule has 1 aliphatic carbocycles. The van der Waals surface area contributed by atoms with Gasteiger partial charge in [-0.25, -0.2) is 0 Å². The second-order valence-electron chi connectivity index (χ2n) is 8.51. The van der Waals surface area contributed by atoms with Gasteiger partial charge in [-0.15, -0.1) is 0 Å². The number of carbonyl (C=O) groups is 2. The average Bonchev–Trinajstić information content (AvgIpc) is 2.61. The van der Waals surface area contributed by atoms with E-state index in [2.05, 4.69) is 50.5 Å². The Bertz CT molecular complexity index is 594. The van der Waals surface area contributed by atoms with E-state index >= 15 is 0 Å². The molecule has 26 heavy (non-hydrogen) atoms. The fraction of sp³-hybridized carbons (Fsp3) is 0.636. The van der Waals surface area contributed by atoms with E-state index in [0.29, 0.717) is 0 Å². The van der Waals surface area contributed by atoms with Gasteiger partial charge in [-0.05, 0) is 55.2 Å². The molecule has 0 atom stereocenters. The molecule has 0 bridgehead atoms. The summed E-state index contributed by atoms with van der Waals surface area (Å²) in [6, 6.07) is 8.11. The zero-order chi connectivity index (χ0) is 19.2. The first-order valence-electron chi connectivity index (χ1n) is 10.0. The lowest BCUT2D eigenvalue weighted by molar-refractivity contribution is -0.128. The summed E-state index contributed by atoms with van der Waals surface area (Å²) in [5.41, 5.74) is 2.21. The molecule has 4 nitrogen and oxygen atoms in total. The Morgan fingerprint density at radius 3 is 2.00 bits per heavy atom. The highest BCUT2D eigenvalue weighted by molar-refractivity contribution is 5.92. The SMILES string of the molecule is CCCCNC(=O)C1CCC(C(=O)Nc2ccc(C(C)(C)C)cc2)CC1. The normalized spacial score (nSPS) is 20.5. The summed E-state index contributed by atoms with van der Waals surface area (Å²) in [4.78, 5) is 24.7. The molecule has 2 amide bonds. The summed E-state index contributed by atoms with van der Waals surface area (Å²) in [6.07, 6.45) is 5.30.